The Bertz CT molecular complexity index is 592. The van der Waals surface area contributed by atoms with Gasteiger partial charge in [-0.1, -0.05) is 29.8 Å². The normalized spacial score (nSPS) is 14.6. The van der Waals surface area contributed by atoms with Crippen LogP contribution in [0.5, 0.6) is 0 Å². The van der Waals surface area contributed by atoms with Crippen molar-refractivity contribution < 1.29 is 0 Å². The molecular weight excluding hydrogens is 278 g/mol. The number of benzene rings is 1. The lowest BCUT2D eigenvalue weighted by atomic mass is 10.2. The van der Waals surface area contributed by atoms with Crippen LogP contribution in [0.2, 0.25) is 5.02 Å². The highest BCUT2D eigenvalue weighted by atomic mass is 35.5. The van der Waals surface area contributed by atoms with Gasteiger partial charge in [0.25, 0.3) is 0 Å². The molecule has 1 fully saturated rings. The van der Waals surface area contributed by atoms with Crippen molar-refractivity contribution in [1.29, 1.82) is 0 Å². The van der Waals surface area contributed by atoms with Gasteiger partial charge in [-0.3, -0.25) is 0 Å². The predicted octanol–water partition coefficient (Wildman–Crippen LogP) is 3.89. The van der Waals surface area contributed by atoms with Crippen molar-refractivity contribution in [1.82, 2.24) is 4.37 Å². The maximum atomic E-state index is 6.21. The molecule has 1 aliphatic carbocycles. The maximum absolute atomic E-state index is 6.21. The molecule has 1 aromatic carbocycles. The van der Waals surface area contributed by atoms with E-state index in [1.807, 2.05) is 18.2 Å². The smallest absolute Gasteiger partial charge is 0.142 e. The summed E-state index contributed by atoms with van der Waals surface area (Å²) in [6.45, 7) is 0.779. The van der Waals surface area contributed by atoms with Crippen molar-refractivity contribution >= 4 is 34.0 Å². The molecule has 0 unspecified atom stereocenters. The molecule has 1 heterocycles. The van der Waals surface area contributed by atoms with E-state index in [2.05, 4.69) is 22.4 Å². The lowest BCUT2D eigenvalue weighted by molar-refractivity contribution is 0.922. The summed E-state index contributed by atoms with van der Waals surface area (Å²) >= 11 is 7.70. The second kappa shape index (κ2) is 5.02. The van der Waals surface area contributed by atoms with E-state index in [4.69, 9.17) is 17.3 Å². The first-order valence-corrected chi connectivity index (χ1v) is 7.51. The lowest BCUT2D eigenvalue weighted by Crippen LogP contribution is -2.16. The highest BCUT2D eigenvalue weighted by Gasteiger charge is 2.31. The Hall–Kier alpha value is -1.26. The van der Waals surface area contributed by atoms with E-state index in [0.29, 0.717) is 11.7 Å². The number of aromatic nitrogens is 1. The van der Waals surface area contributed by atoms with Gasteiger partial charge in [0.2, 0.25) is 0 Å². The monoisotopic (exact) mass is 293 g/mol. The van der Waals surface area contributed by atoms with Gasteiger partial charge in [0, 0.05) is 24.2 Å². The zero-order chi connectivity index (χ0) is 13.4. The number of hydrogen-bond donors (Lipinski definition) is 1. The molecule has 3 nitrogen and oxygen atoms in total. The average Bonchev–Trinajstić information content (AvgIpc) is 3.15. The Labute approximate surface area is 122 Å². The predicted molar refractivity (Wildman–Crippen MR) is 82.1 cm³/mol. The number of rotatable bonds is 4. The van der Waals surface area contributed by atoms with Gasteiger partial charge >= 0.3 is 0 Å². The first-order chi connectivity index (χ1) is 9.16. The van der Waals surface area contributed by atoms with E-state index in [-0.39, 0.29) is 0 Å². The Balaban J connectivity index is 1.84. The van der Waals surface area contributed by atoms with Gasteiger partial charge in [-0.2, -0.15) is 4.37 Å². The second-order valence-corrected chi connectivity index (χ2v) is 6.17. The topological polar surface area (TPSA) is 42.2 Å². The summed E-state index contributed by atoms with van der Waals surface area (Å²) in [5, 5.41) is 1.99. The van der Waals surface area contributed by atoms with E-state index in [1.54, 1.807) is 0 Å². The molecule has 0 amide bonds. The van der Waals surface area contributed by atoms with Crippen LogP contribution in [0.15, 0.2) is 24.3 Å². The van der Waals surface area contributed by atoms with Crippen LogP contribution in [0.4, 0.5) is 10.8 Å². The summed E-state index contributed by atoms with van der Waals surface area (Å²) in [4.78, 5) is 2.20. The van der Waals surface area contributed by atoms with E-state index in [9.17, 15) is 0 Å². The number of hydrogen-bond acceptors (Lipinski definition) is 4. The Morgan fingerprint density at radius 2 is 2.16 bits per heavy atom. The number of nitrogen functional groups attached to an aromatic ring is 1. The summed E-state index contributed by atoms with van der Waals surface area (Å²) in [5.41, 5.74) is 8.35. The summed E-state index contributed by atoms with van der Waals surface area (Å²) in [6, 6.07) is 7.94. The van der Waals surface area contributed by atoms with Gasteiger partial charge in [0.1, 0.15) is 10.8 Å². The second-order valence-electron chi connectivity index (χ2n) is 5.01. The fraction of sp³-hybridized carbons (Fsp3) is 0.357. The van der Waals surface area contributed by atoms with Crippen LogP contribution in [0.1, 0.15) is 29.9 Å². The minimum absolute atomic E-state index is 0.613. The van der Waals surface area contributed by atoms with Crippen LogP contribution in [-0.4, -0.2) is 11.4 Å². The van der Waals surface area contributed by atoms with Crippen LogP contribution in [0.25, 0.3) is 0 Å². The van der Waals surface area contributed by atoms with Crippen molar-refractivity contribution in [2.75, 3.05) is 17.7 Å². The molecule has 3 rings (SSSR count). The molecule has 2 N–H and O–H groups in total. The molecule has 2 aromatic rings. The SMILES string of the molecule is CN(Cc1ccccc1Cl)c1snc(N)c1C1CC1. The highest BCUT2D eigenvalue weighted by molar-refractivity contribution is 7.10. The van der Waals surface area contributed by atoms with Crippen LogP contribution >= 0.6 is 23.1 Å². The maximum Gasteiger partial charge on any atom is 0.142 e. The summed E-state index contributed by atoms with van der Waals surface area (Å²) in [6.07, 6.45) is 2.46. The molecule has 1 aliphatic rings. The van der Waals surface area contributed by atoms with Gasteiger partial charge in [-0.25, -0.2) is 0 Å². The average molecular weight is 294 g/mol. The zero-order valence-electron chi connectivity index (χ0n) is 10.8. The summed E-state index contributed by atoms with van der Waals surface area (Å²) < 4.78 is 4.31. The third kappa shape index (κ3) is 2.55. The van der Waals surface area contributed by atoms with Crippen LogP contribution in [0.3, 0.4) is 0 Å². The van der Waals surface area contributed by atoms with Gasteiger partial charge in [-0.05, 0) is 41.9 Å². The van der Waals surface area contributed by atoms with Gasteiger partial charge in [-0.15, -0.1) is 0 Å². The van der Waals surface area contributed by atoms with Crippen LogP contribution in [0, 0.1) is 0 Å². The van der Waals surface area contributed by atoms with Crippen molar-refractivity contribution in [3.63, 3.8) is 0 Å². The van der Waals surface area contributed by atoms with Crippen molar-refractivity contribution in [3.8, 4) is 0 Å². The van der Waals surface area contributed by atoms with Gasteiger partial charge < -0.3 is 10.6 Å². The summed E-state index contributed by atoms with van der Waals surface area (Å²) in [7, 11) is 2.07. The first kappa shape index (κ1) is 12.8. The third-order valence-electron chi connectivity index (χ3n) is 3.43. The standard InChI is InChI=1S/C14H16ClN3S/c1-18(8-10-4-2-3-5-11(10)15)14-12(9-6-7-9)13(16)17-19-14/h2-5,9H,6-8H2,1H3,(H2,16,17). The minimum atomic E-state index is 0.613. The Kier molecular flexibility index (Phi) is 3.37. The molecule has 1 saturated carbocycles. The molecule has 0 radical (unpaired) electrons. The molecule has 100 valence electrons. The van der Waals surface area contributed by atoms with E-state index in [1.165, 1.54) is 34.9 Å². The largest absolute Gasteiger partial charge is 0.383 e. The first-order valence-electron chi connectivity index (χ1n) is 6.36. The van der Waals surface area contributed by atoms with Crippen molar-refractivity contribution in [2.45, 2.75) is 25.3 Å². The van der Waals surface area contributed by atoms with Gasteiger partial charge in [0.05, 0.1) is 0 Å². The van der Waals surface area contributed by atoms with Crippen molar-refractivity contribution in [3.05, 3.63) is 40.4 Å². The van der Waals surface area contributed by atoms with Crippen molar-refractivity contribution in [2.24, 2.45) is 0 Å². The van der Waals surface area contributed by atoms with Crippen LogP contribution < -0.4 is 10.6 Å². The molecular formula is C14H16ClN3S. The van der Waals surface area contributed by atoms with E-state index < -0.39 is 0 Å². The molecule has 1 aromatic heterocycles. The molecule has 19 heavy (non-hydrogen) atoms. The summed E-state index contributed by atoms with van der Waals surface area (Å²) in [5.74, 6) is 1.32. The Morgan fingerprint density at radius 3 is 2.84 bits per heavy atom. The Morgan fingerprint density at radius 1 is 1.42 bits per heavy atom. The molecule has 0 spiro atoms. The molecule has 0 atom stereocenters. The van der Waals surface area contributed by atoms with E-state index >= 15 is 0 Å². The van der Waals surface area contributed by atoms with E-state index in [0.717, 1.165) is 17.1 Å². The number of anilines is 2. The molecule has 0 aliphatic heterocycles. The minimum Gasteiger partial charge on any atom is -0.383 e. The molecule has 5 heteroatoms. The number of nitrogens with zero attached hydrogens (tertiary/aromatic N) is 2. The fourth-order valence-electron chi connectivity index (χ4n) is 2.29. The fourth-order valence-corrected chi connectivity index (χ4v) is 3.34. The highest BCUT2D eigenvalue weighted by Crippen LogP contribution is 2.48. The zero-order valence-corrected chi connectivity index (χ0v) is 12.3. The number of nitrogens with two attached hydrogens (primary N) is 1. The van der Waals surface area contributed by atoms with Gasteiger partial charge in [0.15, 0.2) is 0 Å². The molecule has 0 saturated heterocycles. The number of halogens is 1. The molecule has 0 bridgehead atoms. The lowest BCUT2D eigenvalue weighted by Gasteiger charge is -2.19. The third-order valence-corrected chi connectivity index (χ3v) is 4.80. The quantitative estimate of drug-likeness (QED) is 0.930. The van der Waals surface area contributed by atoms with Crippen LogP contribution in [-0.2, 0) is 6.54 Å².